The van der Waals surface area contributed by atoms with Crippen molar-refractivity contribution in [2.75, 3.05) is 13.1 Å². The van der Waals surface area contributed by atoms with Gasteiger partial charge in [-0.2, -0.15) is 5.10 Å². The Morgan fingerprint density at radius 3 is 2.47 bits per heavy atom. The van der Waals surface area contributed by atoms with E-state index in [0.717, 1.165) is 22.6 Å². The molecule has 0 atom stereocenters. The highest BCUT2D eigenvalue weighted by atomic mass is 32.2. The Morgan fingerprint density at radius 1 is 1.12 bits per heavy atom. The van der Waals surface area contributed by atoms with Crippen LogP contribution >= 0.6 is 0 Å². The number of para-hydroxylation sites is 1. The molecule has 1 spiro atoms. The van der Waals surface area contributed by atoms with Crippen molar-refractivity contribution in [2.24, 2.45) is 7.05 Å². The zero-order valence-corrected chi connectivity index (χ0v) is 20.3. The van der Waals surface area contributed by atoms with Crippen molar-refractivity contribution in [2.45, 2.75) is 43.2 Å². The third-order valence-electron chi connectivity index (χ3n) is 6.43. The normalized spacial score (nSPS) is 16.8. The minimum atomic E-state index is -3.60. The van der Waals surface area contributed by atoms with E-state index in [1.807, 2.05) is 42.2 Å². The van der Waals surface area contributed by atoms with E-state index in [0.29, 0.717) is 31.5 Å². The maximum absolute atomic E-state index is 13.2. The smallest absolute Gasteiger partial charge is 0.253 e. The fourth-order valence-electron chi connectivity index (χ4n) is 4.82. The largest absolute Gasteiger partial charge is 0.482 e. The van der Waals surface area contributed by atoms with Gasteiger partial charge in [0.25, 0.3) is 5.91 Å². The zero-order valence-electron chi connectivity index (χ0n) is 19.5. The Kier molecular flexibility index (Phi) is 5.49. The molecule has 0 radical (unpaired) electrons. The highest BCUT2D eigenvalue weighted by Gasteiger charge is 2.45. The van der Waals surface area contributed by atoms with Gasteiger partial charge in [0.2, 0.25) is 10.0 Å². The molecule has 5 rings (SSSR count). The van der Waals surface area contributed by atoms with Crippen LogP contribution in [0.15, 0.2) is 59.6 Å². The number of benzene rings is 2. The van der Waals surface area contributed by atoms with Gasteiger partial charge in [0.15, 0.2) is 0 Å². The van der Waals surface area contributed by atoms with Crippen LogP contribution in [0.2, 0.25) is 0 Å². The lowest BCUT2D eigenvalue weighted by atomic mass is 9.81. The van der Waals surface area contributed by atoms with Crippen molar-refractivity contribution in [1.29, 1.82) is 0 Å². The van der Waals surface area contributed by atoms with Crippen molar-refractivity contribution in [3.8, 4) is 17.0 Å². The first-order chi connectivity index (χ1) is 16.2. The van der Waals surface area contributed by atoms with E-state index in [1.54, 1.807) is 30.9 Å². The van der Waals surface area contributed by atoms with Gasteiger partial charge in [0.05, 0.1) is 4.90 Å². The van der Waals surface area contributed by atoms with Gasteiger partial charge in [-0.25, -0.2) is 13.1 Å². The van der Waals surface area contributed by atoms with Crippen molar-refractivity contribution in [1.82, 2.24) is 19.4 Å². The number of aromatic nitrogens is 2. The van der Waals surface area contributed by atoms with E-state index in [-0.39, 0.29) is 18.3 Å². The number of aryl methyl sites for hydroxylation is 1. The van der Waals surface area contributed by atoms with Crippen LogP contribution in [-0.4, -0.2) is 48.1 Å². The Hall–Kier alpha value is -3.17. The molecule has 1 N–H and O–H groups in total. The maximum Gasteiger partial charge on any atom is 0.253 e. The van der Waals surface area contributed by atoms with Crippen molar-refractivity contribution >= 4 is 15.9 Å². The molecular weight excluding hydrogens is 452 g/mol. The minimum Gasteiger partial charge on any atom is -0.482 e. The molecule has 1 aromatic heterocycles. The third-order valence-corrected chi connectivity index (χ3v) is 8.10. The molecule has 0 bridgehead atoms. The average molecular weight is 483 g/mol. The zero-order chi connectivity index (χ0) is 24.1. The molecule has 1 fully saturated rings. The monoisotopic (exact) mass is 482 g/mol. The molecule has 0 saturated carbocycles. The number of carbonyl (C=O) groups is 1. The van der Waals surface area contributed by atoms with E-state index in [2.05, 4.69) is 4.72 Å². The summed E-state index contributed by atoms with van der Waals surface area (Å²) in [6, 6.07) is 13.8. The quantitative estimate of drug-likeness (QED) is 0.614. The number of hydrogen-bond donors (Lipinski definition) is 1. The average Bonchev–Trinajstić information content (AvgIpc) is 3.21. The summed E-state index contributed by atoms with van der Waals surface area (Å²) in [6.07, 6.45) is 3.32. The first-order valence-corrected chi connectivity index (χ1v) is 12.9. The number of hydrogen-bond acceptors (Lipinski definition) is 5. The minimum absolute atomic E-state index is 0. The van der Waals surface area contributed by atoms with Gasteiger partial charge < -0.3 is 9.64 Å². The summed E-state index contributed by atoms with van der Waals surface area (Å²) < 4.78 is 35.6. The Balaban J connectivity index is 0.00000289. The van der Waals surface area contributed by atoms with E-state index >= 15 is 0 Å². The summed E-state index contributed by atoms with van der Waals surface area (Å²) >= 11 is 0. The maximum atomic E-state index is 13.2. The summed E-state index contributed by atoms with van der Waals surface area (Å²) in [5, 5.41) is 4.69. The van der Waals surface area contributed by atoms with Crippen LogP contribution in [-0.2, 0) is 22.7 Å². The second kappa shape index (κ2) is 8.25. The van der Waals surface area contributed by atoms with Crippen LogP contribution in [0.4, 0.5) is 0 Å². The van der Waals surface area contributed by atoms with Gasteiger partial charge in [0, 0.05) is 63.3 Å². The van der Waals surface area contributed by atoms with Crippen molar-refractivity contribution < 1.29 is 19.4 Å². The van der Waals surface area contributed by atoms with Crippen LogP contribution < -0.4 is 9.46 Å². The summed E-state index contributed by atoms with van der Waals surface area (Å²) in [4.78, 5) is 15.1. The van der Waals surface area contributed by atoms with Gasteiger partial charge in [-0.05, 0) is 50.2 Å². The van der Waals surface area contributed by atoms with Crippen LogP contribution in [0.1, 0.15) is 44.0 Å². The van der Waals surface area contributed by atoms with Crippen LogP contribution in [0.3, 0.4) is 0 Å². The third kappa shape index (κ3) is 3.88. The molecule has 0 aliphatic carbocycles. The number of carbonyl (C=O) groups excluding carboxylic acids is 1. The van der Waals surface area contributed by atoms with Crippen molar-refractivity contribution in [3.05, 3.63) is 65.9 Å². The van der Waals surface area contributed by atoms with E-state index in [9.17, 15) is 13.2 Å². The first-order valence-electron chi connectivity index (χ1n) is 11.4. The summed E-state index contributed by atoms with van der Waals surface area (Å²) in [6.45, 7) is 4.60. The molecule has 2 aliphatic heterocycles. The van der Waals surface area contributed by atoms with Gasteiger partial charge >= 0.3 is 0 Å². The van der Waals surface area contributed by atoms with Gasteiger partial charge in [-0.1, -0.05) is 12.1 Å². The number of nitrogens with zero attached hydrogens (tertiary/aromatic N) is 3. The van der Waals surface area contributed by atoms with Crippen LogP contribution in [0.5, 0.6) is 5.75 Å². The summed E-state index contributed by atoms with van der Waals surface area (Å²) in [5.74, 6) is 0.707. The number of rotatable bonds is 4. The lowest BCUT2D eigenvalue weighted by molar-refractivity contribution is -0.00166. The number of piperidine rings is 1. The first kappa shape index (κ1) is 22.6. The van der Waals surface area contributed by atoms with Crippen LogP contribution in [0.25, 0.3) is 11.3 Å². The Morgan fingerprint density at radius 2 is 1.79 bits per heavy atom. The molecule has 2 aromatic carbocycles. The predicted octanol–water partition coefficient (Wildman–Crippen LogP) is 3.54. The molecule has 34 heavy (non-hydrogen) atoms. The number of sulfonamides is 1. The standard InChI is InChI=1S/C25H28N4O4S.H2/c1-17(2)27-34(31,32)19-10-8-18(9-11-19)24(30)29-14-12-25(13-15-29)21-16-28(3)26-23(21)20-6-4-5-7-22(20)33-25;/h4-11,16-17,27H,12-15H2,1-3H3;1H. The number of amides is 1. The van der Waals surface area contributed by atoms with Gasteiger partial charge in [0.1, 0.15) is 17.0 Å². The molecule has 0 unspecified atom stereocenters. The molecule has 1 saturated heterocycles. The van der Waals surface area contributed by atoms with E-state index in [1.165, 1.54) is 12.1 Å². The van der Waals surface area contributed by atoms with Crippen LogP contribution in [0, 0.1) is 0 Å². The number of nitrogens with one attached hydrogen (secondary N) is 1. The predicted molar refractivity (Wildman–Crippen MR) is 130 cm³/mol. The fourth-order valence-corrected chi connectivity index (χ4v) is 6.07. The SMILES string of the molecule is CC(C)NS(=O)(=O)c1ccc(C(=O)N2CCC3(CC2)Oc2ccccc2-c2nn(C)cc23)cc1.[HH]. The van der Waals surface area contributed by atoms with Crippen molar-refractivity contribution in [3.63, 3.8) is 0 Å². The summed E-state index contributed by atoms with van der Waals surface area (Å²) in [7, 11) is -1.69. The number of likely N-dealkylation sites (tertiary alicyclic amines) is 1. The molecule has 1 amide bonds. The molecule has 3 aromatic rings. The molecule has 3 heterocycles. The van der Waals surface area contributed by atoms with E-state index < -0.39 is 15.6 Å². The topological polar surface area (TPSA) is 93.5 Å². The fraction of sp³-hybridized carbons (Fsp3) is 0.360. The molecule has 8 nitrogen and oxygen atoms in total. The molecular formula is C25H30N4O4S. The van der Waals surface area contributed by atoms with Gasteiger partial charge in [-0.3, -0.25) is 9.48 Å². The lowest BCUT2D eigenvalue weighted by Gasteiger charge is -2.44. The van der Waals surface area contributed by atoms with Gasteiger partial charge in [-0.15, -0.1) is 0 Å². The van der Waals surface area contributed by atoms with E-state index in [4.69, 9.17) is 9.84 Å². The Labute approximate surface area is 201 Å². The second-order valence-corrected chi connectivity index (χ2v) is 11.0. The number of fused-ring (bicyclic) bond motifs is 4. The number of ether oxygens (including phenoxy) is 1. The molecule has 180 valence electrons. The second-order valence-electron chi connectivity index (χ2n) is 9.25. The lowest BCUT2D eigenvalue weighted by Crippen LogP contribution is -2.49. The Bertz CT molecular complexity index is 1340. The highest BCUT2D eigenvalue weighted by Crippen LogP contribution is 2.48. The summed E-state index contributed by atoms with van der Waals surface area (Å²) in [5.41, 5.74) is 2.94. The molecule has 2 aliphatic rings. The molecule has 9 heteroatoms. The highest BCUT2D eigenvalue weighted by molar-refractivity contribution is 7.89.